The van der Waals surface area contributed by atoms with E-state index in [1.54, 1.807) is 19.9 Å². The molecule has 0 atom stereocenters. The zero-order valence-electron chi connectivity index (χ0n) is 16.4. The summed E-state index contributed by atoms with van der Waals surface area (Å²) in [5.41, 5.74) is 5.52. The molecule has 0 saturated heterocycles. The number of nitrogens with one attached hydrogen (secondary N) is 1. The number of hydrazone groups is 1. The van der Waals surface area contributed by atoms with Gasteiger partial charge >= 0.3 is 6.09 Å². The van der Waals surface area contributed by atoms with Gasteiger partial charge in [0.1, 0.15) is 12.4 Å². The maximum Gasteiger partial charge on any atom is 0.418 e. The van der Waals surface area contributed by atoms with Gasteiger partial charge < -0.3 is 9.84 Å². The fourth-order valence-corrected chi connectivity index (χ4v) is 3.04. The molecule has 30 heavy (non-hydrogen) atoms. The number of nitrogens with zero attached hydrogens (tertiary/aromatic N) is 2. The Hall–Kier alpha value is -3.58. The minimum absolute atomic E-state index is 0.0733. The number of hydrogen-bond donors (Lipinski definition) is 2. The number of aromatic nitrogens is 1. The Kier molecular flexibility index (Phi) is 6.54. The van der Waals surface area contributed by atoms with Crippen LogP contribution in [-0.4, -0.2) is 27.9 Å². The summed E-state index contributed by atoms with van der Waals surface area (Å²) >= 11 is 5.81. The van der Waals surface area contributed by atoms with E-state index in [0.717, 1.165) is 5.56 Å². The Bertz CT molecular complexity index is 1110. The first kappa shape index (κ1) is 21.1. The first-order chi connectivity index (χ1) is 14.4. The zero-order valence-corrected chi connectivity index (χ0v) is 17.2. The number of hydrogen-bond acceptors (Lipinski definition) is 5. The van der Waals surface area contributed by atoms with E-state index in [0.29, 0.717) is 17.0 Å². The van der Waals surface area contributed by atoms with Crippen molar-refractivity contribution >= 4 is 29.8 Å². The van der Waals surface area contributed by atoms with Crippen molar-refractivity contribution in [3.05, 3.63) is 87.7 Å². The van der Waals surface area contributed by atoms with Crippen molar-refractivity contribution in [2.75, 3.05) is 0 Å². The smallest absolute Gasteiger partial charge is 0.418 e. The molecule has 0 aliphatic rings. The number of halogens is 1. The second-order valence-electron chi connectivity index (χ2n) is 6.57. The van der Waals surface area contributed by atoms with E-state index in [1.807, 2.05) is 30.3 Å². The standard InChI is InChI=1S/C22H20ClN3O4/c1-14-10-18(12-24-25-21(28)17-8-9-20(27)19(23)11-17)15(2)26(14)22(29)30-13-16-6-4-3-5-7-16/h3-12,27H,13H2,1-2H3,(H,25,28). The summed E-state index contributed by atoms with van der Waals surface area (Å²) in [6.07, 6.45) is 0.958. The highest BCUT2D eigenvalue weighted by atomic mass is 35.5. The van der Waals surface area contributed by atoms with Crippen LogP contribution >= 0.6 is 11.6 Å². The summed E-state index contributed by atoms with van der Waals surface area (Å²) < 4.78 is 6.84. The lowest BCUT2D eigenvalue weighted by Crippen LogP contribution is -2.18. The van der Waals surface area contributed by atoms with Crippen LogP contribution in [0.15, 0.2) is 59.7 Å². The van der Waals surface area contributed by atoms with E-state index in [-0.39, 0.29) is 22.9 Å². The molecule has 0 aliphatic heterocycles. The van der Waals surface area contributed by atoms with Gasteiger partial charge in [0.25, 0.3) is 5.91 Å². The predicted octanol–water partition coefficient (Wildman–Crippen LogP) is 4.41. The molecule has 2 aromatic carbocycles. The Balaban J connectivity index is 1.66. The molecular formula is C22H20ClN3O4. The van der Waals surface area contributed by atoms with E-state index < -0.39 is 12.0 Å². The third-order valence-corrected chi connectivity index (χ3v) is 4.74. The number of rotatable bonds is 5. The number of amides is 1. The molecule has 0 aliphatic carbocycles. The molecule has 1 amide bonds. The maximum atomic E-state index is 12.5. The molecule has 0 radical (unpaired) electrons. The van der Waals surface area contributed by atoms with E-state index in [9.17, 15) is 14.7 Å². The molecule has 1 aromatic heterocycles. The Morgan fingerprint density at radius 1 is 1.17 bits per heavy atom. The van der Waals surface area contributed by atoms with E-state index in [1.165, 1.54) is 29.0 Å². The molecule has 3 rings (SSSR count). The van der Waals surface area contributed by atoms with E-state index in [4.69, 9.17) is 16.3 Å². The molecule has 1 heterocycles. The largest absolute Gasteiger partial charge is 0.506 e. The third kappa shape index (κ3) is 4.87. The third-order valence-electron chi connectivity index (χ3n) is 4.44. The summed E-state index contributed by atoms with van der Waals surface area (Å²) in [4.78, 5) is 24.6. The van der Waals surface area contributed by atoms with Crippen molar-refractivity contribution < 1.29 is 19.4 Å². The van der Waals surface area contributed by atoms with Gasteiger partial charge in [-0.05, 0) is 43.7 Å². The number of phenolic OH excluding ortho intramolecular Hbond substituents is 1. The molecule has 2 N–H and O–H groups in total. The van der Waals surface area contributed by atoms with Crippen molar-refractivity contribution in [2.45, 2.75) is 20.5 Å². The molecule has 0 unspecified atom stereocenters. The van der Waals surface area contributed by atoms with Gasteiger partial charge in [0, 0.05) is 22.5 Å². The Labute approximate surface area is 178 Å². The van der Waals surface area contributed by atoms with Gasteiger partial charge in [0.15, 0.2) is 0 Å². The number of benzene rings is 2. The van der Waals surface area contributed by atoms with Crippen LogP contribution in [0.2, 0.25) is 5.02 Å². The number of carbonyl (C=O) groups excluding carboxylic acids is 2. The van der Waals surface area contributed by atoms with Crippen molar-refractivity contribution in [1.82, 2.24) is 9.99 Å². The molecule has 0 bridgehead atoms. The quantitative estimate of drug-likeness (QED) is 0.467. The summed E-state index contributed by atoms with van der Waals surface area (Å²) in [6.45, 7) is 3.72. The van der Waals surface area contributed by atoms with Crippen molar-refractivity contribution in [1.29, 1.82) is 0 Å². The lowest BCUT2D eigenvalue weighted by atomic mass is 10.2. The van der Waals surface area contributed by atoms with Gasteiger partial charge in [-0.1, -0.05) is 41.9 Å². The highest BCUT2D eigenvalue weighted by Crippen LogP contribution is 2.23. The fraction of sp³-hybridized carbons (Fsp3) is 0.136. The van der Waals surface area contributed by atoms with Crippen LogP contribution in [0.3, 0.4) is 0 Å². The van der Waals surface area contributed by atoms with Gasteiger partial charge in [-0.25, -0.2) is 10.2 Å². The average Bonchev–Trinajstić information content (AvgIpc) is 3.02. The van der Waals surface area contributed by atoms with Crippen molar-refractivity contribution in [2.24, 2.45) is 5.10 Å². The topological polar surface area (TPSA) is 92.9 Å². The van der Waals surface area contributed by atoms with Crippen LogP contribution < -0.4 is 5.43 Å². The monoisotopic (exact) mass is 425 g/mol. The number of aromatic hydroxyl groups is 1. The first-order valence-electron chi connectivity index (χ1n) is 9.08. The first-order valence-corrected chi connectivity index (χ1v) is 9.46. The molecule has 7 nitrogen and oxygen atoms in total. The molecule has 0 spiro atoms. The summed E-state index contributed by atoms with van der Waals surface area (Å²) in [7, 11) is 0. The Morgan fingerprint density at radius 3 is 2.60 bits per heavy atom. The number of phenols is 1. The number of carbonyl (C=O) groups is 2. The SMILES string of the molecule is Cc1cc(C=NNC(=O)c2ccc(O)c(Cl)c2)c(C)n1C(=O)OCc1ccccc1. The van der Waals surface area contributed by atoms with Gasteiger partial charge in [0.05, 0.1) is 11.2 Å². The molecular weight excluding hydrogens is 406 g/mol. The van der Waals surface area contributed by atoms with Crippen LogP contribution in [0.5, 0.6) is 5.75 Å². The lowest BCUT2D eigenvalue weighted by molar-refractivity contribution is 0.0955. The molecule has 154 valence electrons. The fourth-order valence-electron chi connectivity index (χ4n) is 2.86. The maximum absolute atomic E-state index is 12.5. The van der Waals surface area contributed by atoms with Crippen LogP contribution in [0, 0.1) is 13.8 Å². The zero-order chi connectivity index (χ0) is 21.7. The number of ether oxygens (including phenoxy) is 1. The van der Waals surface area contributed by atoms with Crippen molar-refractivity contribution in [3.8, 4) is 5.75 Å². The van der Waals surface area contributed by atoms with Crippen LogP contribution in [0.1, 0.15) is 32.9 Å². The average molecular weight is 426 g/mol. The van der Waals surface area contributed by atoms with Gasteiger partial charge in [-0.3, -0.25) is 9.36 Å². The lowest BCUT2D eigenvalue weighted by Gasteiger charge is -2.09. The highest BCUT2D eigenvalue weighted by Gasteiger charge is 2.15. The van der Waals surface area contributed by atoms with Crippen LogP contribution in [-0.2, 0) is 11.3 Å². The van der Waals surface area contributed by atoms with Gasteiger partial charge in [-0.2, -0.15) is 5.10 Å². The van der Waals surface area contributed by atoms with Crippen LogP contribution in [0.4, 0.5) is 4.79 Å². The van der Waals surface area contributed by atoms with Gasteiger partial charge in [0.2, 0.25) is 0 Å². The Morgan fingerprint density at radius 2 is 1.90 bits per heavy atom. The van der Waals surface area contributed by atoms with Crippen molar-refractivity contribution in [3.63, 3.8) is 0 Å². The minimum atomic E-state index is -0.490. The number of aryl methyl sites for hydroxylation is 1. The normalized spacial score (nSPS) is 10.9. The van der Waals surface area contributed by atoms with E-state index >= 15 is 0 Å². The molecule has 8 heteroatoms. The molecule has 0 saturated carbocycles. The van der Waals surface area contributed by atoms with E-state index in [2.05, 4.69) is 10.5 Å². The predicted molar refractivity (Wildman–Crippen MR) is 114 cm³/mol. The summed E-state index contributed by atoms with van der Waals surface area (Å²) in [5.74, 6) is -0.590. The minimum Gasteiger partial charge on any atom is -0.506 e. The van der Waals surface area contributed by atoms with Gasteiger partial charge in [-0.15, -0.1) is 0 Å². The summed E-state index contributed by atoms with van der Waals surface area (Å²) in [6, 6.07) is 15.3. The molecule has 3 aromatic rings. The van der Waals surface area contributed by atoms with Crippen LogP contribution in [0.25, 0.3) is 0 Å². The molecule has 0 fully saturated rings. The summed E-state index contributed by atoms with van der Waals surface area (Å²) in [5, 5.41) is 13.4. The second-order valence-corrected chi connectivity index (χ2v) is 6.97. The highest BCUT2D eigenvalue weighted by molar-refractivity contribution is 6.32. The second kappa shape index (κ2) is 9.28.